The van der Waals surface area contributed by atoms with Crippen LogP contribution < -0.4 is 5.32 Å². The fourth-order valence-electron chi connectivity index (χ4n) is 3.37. The van der Waals surface area contributed by atoms with Gasteiger partial charge in [0.1, 0.15) is 5.76 Å². The molecule has 1 aliphatic carbocycles. The largest absolute Gasteiger partial charge is 0.468 e. The quantitative estimate of drug-likeness (QED) is 0.910. The van der Waals surface area contributed by atoms with Gasteiger partial charge in [0.25, 0.3) is 0 Å². The summed E-state index contributed by atoms with van der Waals surface area (Å²) in [5.41, 5.74) is 0. The van der Waals surface area contributed by atoms with Crippen LogP contribution >= 0.6 is 0 Å². The van der Waals surface area contributed by atoms with Crippen LogP contribution in [0.1, 0.15) is 50.3 Å². The summed E-state index contributed by atoms with van der Waals surface area (Å²) in [7, 11) is 1.90. The molecule has 0 bridgehead atoms. The highest BCUT2D eigenvalue weighted by Gasteiger charge is 2.28. The average molecular weight is 305 g/mol. The van der Waals surface area contributed by atoms with Gasteiger partial charge in [-0.2, -0.15) is 0 Å². The zero-order valence-corrected chi connectivity index (χ0v) is 13.5. The number of furan rings is 1. The molecule has 0 aromatic carbocycles. The molecule has 5 nitrogen and oxygen atoms in total. The number of likely N-dealkylation sites (tertiary alicyclic amines) is 1. The van der Waals surface area contributed by atoms with Crippen molar-refractivity contribution in [2.45, 2.75) is 50.6 Å². The predicted octanol–water partition coefficient (Wildman–Crippen LogP) is 3.00. The normalized spacial score (nSPS) is 21.1. The number of carbonyl (C=O) groups is 1. The Labute approximate surface area is 132 Å². The molecule has 2 fully saturated rings. The molecule has 22 heavy (non-hydrogen) atoms. The Morgan fingerprint density at radius 1 is 1.36 bits per heavy atom. The number of piperidine rings is 1. The van der Waals surface area contributed by atoms with E-state index in [2.05, 4.69) is 10.2 Å². The zero-order valence-electron chi connectivity index (χ0n) is 13.5. The molecule has 1 saturated heterocycles. The van der Waals surface area contributed by atoms with Gasteiger partial charge in [0, 0.05) is 19.6 Å². The standard InChI is InChI=1S/C17H27N3O2/c1-19(14-7-5-8-14)17(21)18-13-15(16-9-6-12-22-16)20-10-3-2-4-11-20/h6,9,12,14-15H,2-5,7-8,10-11,13H2,1H3,(H,18,21). The van der Waals surface area contributed by atoms with E-state index in [0.29, 0.717) is 12.6 Å². The highest BCUT2D eigenvalue weighted by Crippen LogP contribution is 2.26. The summed E-state index contributed by atoms with van der Waals surface area (Å²) >= 11 is 0. The molecule has 1 N–H and O–H groups in total. The Morgan fingerprint density at radius 2 is 2.14 bits per heavy atom. The molecule has 1 saturated carbocycles. The molecule has 1 atom stereocenters. The summed E-state index contributed by atoms with van der Waals surface area (Å²) < 4.78 is 5.61. The minimum Gasteiger partial charge on any atom is -0.468 e. The van der Waals surface area contributed by atoms with Crippen molar-refractivity contribution >= 4 is 6.03 Å². The van der Waals surface area contributed by atoms with E-state index < -0.39 is 0 Å². The molecular weight excluding hydrogens is 278 g/mol. The predicted molar refractivity (Wildman–Crippen MR) is 85.7 cm³/mol. The van der Waals surface area contributed by atoms with Crippen LogP contribution in [0, 0.1) is 0 Å². The second kappa shape index (κ2) is 7.18. The number of amides is 2. The van der Waals surface area contributed by atoms with Gasteiger partial charge in [-0.15, -0.1) is 0 Å². The van der Waals surface area contributed by atoms with E-state index in [9.17, 15) is 4.79 Å². The molecular formula is C17H27N3O2. The molecule has 3 rings (SSSR count). The minimum absolute atomic E-state index is 0.0401. The molecule has 2 heterocycles. The van der Waals surface area contributed by atoms with E-state index in [4.69, 9.17) is 4.42 Å². The van der Waals surface area contributed by atoms with E-state index in [1.54, 1.807) is 6.26 Å². The van der Waals surface area contributed by atoms with E-state index in [0.717, 1.165) is 31.7 Å². The molecule has 122 valence electrons. The van der Waals surface area contributed by atoms with Crippen molar-refractivity contribution < 1.29 is 9.21 Å². The van der Waals surface area contributed by atoms with Crippen LogP contribution in [-0.2, 0) is 0 Å². The summed E-state index contributed by atoms with van der Waals surface area (Å²) in [5.74, 6) is 0.952. The summed E-state index contributed by atoms with van der Waals surface area (Å²) in [5, 5.41) is 3.10. The Balaban J connectivity index is 1.58. The topological polar surface area (TPSA) is 48.7 Å². The van der Waals surface area contributed by atoms with Gasteiger partial charge in [-0.1, -0.05) is 6.42 Å². The fraction of sp³-hybridized carbons (Fsp3) is 0.706. The van der Waals surface area contributed by atoms with Crippen molar-refractivity contribution in [1.29, 1.82) is 0 Å². The maximum atomic E-state index is 12.3. The first-order valence-corrected chi connectivity index (χ1v) is 8.54. The van der Waals surface area contributed by atoms with Crippen LogP contribution in [0.4, 0.5) is 4.79 Å². The third kappa shape index (κ3) is 3.46. The lowest BCUT2D eigenvalue weighted by atomic mass is 9.92. The first-order valence-electron chi connectivity index (χ1n) is 8.54. The summed E-state index contributed by atoms with van der Waals surface area (Å²) in [6.45, 7) is 2.78. The second-order valence-electron chi connectivity index (χ2n) is 6.51. The van der Waals surface area contributed by atoms with Crippen molar-refractivity contribution in [3.8, 4) is 0 Å². The van der Waals surface area contributed by atoms with Crippen LogP contribution in [0.25, 0.3) is 0 Å². The third-order valence-electron chi connectivity index (χ3n) is 5.09. The molecule has 5 heteroatoms. The van der Waals surface area contributed by atoms with Gasteiger partial charge in [-0.25, -0.2) is 4.79 Å². The Morgan fingerprint density at radius 3 is 2.73 bits per heavy atom. The van der Waals surface area contributed by atoms with Gasteiger partial charge < -0.3 is 14.6 Å². The lowest BCUT2D eigenvalue weighted by molar-refractivity contribution is 0.132. The van der Waals surface area contributed by atoms with Crippen LogP contribution in [0.2, 0.25) is 0 Å². The lowest BCUT2D eigenvalue weighted by Gasteiger charge is -2.36. The SMILES string of the molecule is CN(C(=O)NCC(c1ccco1)N1CCCCC1)C1CCC1. The van der Waals surface area contributed by atoms with Crippen LogP contribution in [0.3, 0.4) is 0 Å². The Bertz CT molecular complexity index is 464. The number of urea groups is 1. The molecule has 1 aliphatic heterocycles. The number of rotatable bonds is 5. The summed E-state index contributed by atoms with van der Waals surface area (Å²) in [4.78, 5) is 16.6. The highest BCUT2D eigenvalue weighted by atomic mass is 16.3. The van der Waals surface area contributed by atoms with Crippen molar-refractivity contribution in [3.63, 3.8) is 0 Å². The molecule has 1 aromatic rings. The minimum atomic E-state index is 0.0401. The Kier molecular flexibility index (Phi) is 5.03. The monoisotopic (exact) mass is 305 g/mol. The maximum absolute atomic E-state index is 12.3. The molecule has 1 unspecified atom stereocenters. The summed E-state index contributed by atoms with van der Waals surface area (Å²) in [6, 6.07) is 4.56. The van der Waals surface area contributed by atoms with Crippen molar-refractivity contribution in [2.24, 2.45) is 0 Å². The molecule has 1 aromatic heterocycles. The molecule has 0 radical (unpaired) electrons. The zero-order chi connectivity index (χ0) is 15.4. The van der Waals surface area contributed by atoms with E-state index in [-0.39, 0.29) is 12.1 Å². The number of nitrogens with one attached hydrogen (secondary N) is 1. The third-order valence-corrected chi connectivity index (χ3v) is 5.09. The first kappa shape index (κ1) is 15.4. The first-order chi connectivity index (χ1) is 10.8. The van der Waals surface area contributed by atoms with Crippen molar-refractivity contribution in [2.75, 3.05) is 26.7 Å². The summed E-state index contributed by atoms with van der Waals surface area (Å²) in [6.07, 6.45) is 8.99. The molecule has 2 amide bonds. The highest BCUT2D eigenvalue weighted by molar-refractivity contribution is 5.74. The van der Waals surface area contributed by atoms with E-state index >= 15 is 0 Å². The van der Waals surface area contributed by atoms with Crippen molar-refractivity contribution in [1.82, 2.24) is 15.1 Å². The number of nitrogens with zero attached hydrogens (tertiary/aromatic N) is 2. The smallest absolute Gasteiger partial charge is 0.317 e. The fourth-order valence-corrected chi connectivity index (χ4v) is 3.37. The average Bonchev–Trinajstić information content (AvgIpc) is 3.00. The van der Waals surface area contributed by atoms with Gasteiger partial charge in [0.15, 0.2) is 0 Å². The molecule has 2 aliphatic rings. The van der Waals surface area contributed by atoms with Gasteiger partial charge in [0.2, 0.25) is 0 Å². The number of hydrogen-bond acceptors (Lipinski definition) is 3. The maximum Gasteiger partial charge on any atom is 0.317 e. The number of hydrogen-bond donors (Lipinski definition) is 1. The van der Waals surface area contributed by atoms with Gasteiger partial charge in [-0.05, 0) is 57.3 Å². The van der Waals surface area contributed by atoms with Crippen LogP contribution in [-0.4, -0.2) is 48.6 Å². The van der Waals surface area contributed by atoms with Gasteiger partial charge in [-0.3, -0.25) is 4.90 Å². The van der Waals surface area contributed by atoms with E-state index in [1.807, 2.05) is 24.1 Å². The molecule has 0 spiro atoms. The Hall–Kier alpha value is -1.49. The van der Waals surface area contributed by atoms with Crippen LogP contribution in [0.5, 0.6) is 0 Å². The van der Waals surface area contributed by atoms with Gasteiger partial charge in [0.05, 0.1) is 12.3 Å². The van der Waals surface area contributed by atoms with E-state index in [1.165, 1.54) is 25.7 Å². The van der Waals surface area contributed by atoms with Crippen molar-refractivity contribution in [3.05, 3.63) is 24.2 Å². The van der Waals surface area contributed by atoms with Gasteiger partial charge >= 0.3 is 6.03 Å². The second-order valence-corrected chi connectivity index (χ2v) is 6.51. The van der Waals surface area contributed by atoms with Crippen LogP contribution in [0.15, 0.2) is 22.8 Å². The number of carbonyl (C=O) groups excluding carboxylic acids is 1. The lowest BCUT2D eigenvalue weighted by Crippen LogP contribution is -2.49.